The maximum atomic E-state index is 13.0. The van der Waals surface area contributed by atoms with Gasteiger partial charge in [-0.15, -0.1) is 0 Å². The van der Waals surface area contributed by atoms with E-state index in [4.69, 9.17) is 10.00 Å². The number of methoxy groups -OCH3 is 1. The van der Waals surface area contributed by atoms with Gasteiger partial charge in [-0.1, -0.05) is 12.1 Å². The fourth-order valence-electron chi connectivity index (χ4n) is 3.34. The van der Waals surface area contributed by atoms with Crippen LogP contribution in [0.4, 0.5) is 0 Å². The third-order valence-electron chi connectivity index (χ3n) is 4.84. The molecule has 0 unspecified atom stereocenters. The summed E-state index contributed by atoms with van der Waals surface area (Å²) >= 11 is 0. The minimum absolute atomic E-state index is 0.0304. The molecule has 5 nitrogen and oxygen atoms in total. The zero-order valence-electron chi connectivity index (χ0n) is 16.6. The van der Waals surface area contributed by atoms with Crippen molar-refractivity contribution in [3.8, 4) is 17.5 Å². The molecule has 3 rings (SSSR count). The van der Waals surface area contributed by atoms with Crippen LogP contribution in [0.15, 0.2) is 54.6 Å². The van der Waals surface area contributed by atoms with Crippen molar-refractivity contribution in [3.63, 3.8) is 0 Å². The second-order valence-corrected chi connectivity index (χ2v) is 6.79. The van der Waals surface area contributed by atoms with E-state index in [2.05, 4.69) is 10.6 Å². The highest BCUT2D eigenvalue weighted by Gasteiger charge is 2.20. The molecule has 28 heavy (non-hydrogen) atoms. The lowest BCUT2D eigenvalue weighted by atomic mass is 10.1. The number of nitriles is 1. The van der Waals surface area contributed by atoms with Crippen molar-refractivity contribution >= 4 is 5.91 Å². The number of carbonyl (C=O) groups excluding carboxylic acids is 1. The van der Waals surface area contributed by atoms with Crippen molar-refractivity contribution in [2.45, 2.75) is 20.4 Å². The summed E-state index contributed by atoms with van der Waals surface area (Å²) in [5.74, 6) is 0.766. The first kappa shape index (κ1) is 19.2. The van der Waals surface area contributed by atoms with Gasteiger partial charge < -0.3 is 14.2 Å². The lowest BCUT2D eigenvalue weighted by Crippen LogP contribution is -2.26. The molecule has 0 aliphatic rings. The van der Waals surface area contributed by atoms with Crippen LogP contribution in [0.3, 0.4) is 0 Å². The first-order valence-electron chi connectivity index (χ1n) is 9.02. The van der Waals surface area contributed by atoms with Gasteiger partial charge in [-0.25, -0.2) is 0 Å². The number of hydrogen-bond acceptors (Lipinski definition) is 3. The number of amides is 1. The Hall–Kier alpha value is -3.52. The molecule has 1 heterocycles. The monoisotopic (exact) mass is 373 g/mol. The summed E-state index contributed by atoms with van der Waals surface area (Å²) in [6, 6.07) is 19.1. The van der Waals surface area contributed by atoms with Crippen molar-refractivity contribution in [2.75, 3.05) is 14.2 Å². The smallest absolute Gasteiger partial charge is 0.255 e. The van der Waals surface area contributed by atoms with Crippen LogP contribution >= 0.6 is 0 Å². The Morgan fingerprint density at radius 1 is 1.11 bits per heavy atom. The number of aryl methyl sites for hydroxylation is 1. The van der Waals surface area contributed by atoms with E-state index >= 15 is 0 Å². The molecule has 0 N–H and O–H groups in total. The van der Waals surface area contributed by atoms with Gasteiger partial charge in [0.25, 0.3) is 5.91 Å². The zero-order valence-corrected chi connectivity index (χ0v) is 16.6. The van der Waals surface area contributed by atoms with E-state index in [0.29, 0.717) is 17.7 Å². The highest BCUT2D eigenvalue weighted by molar-refractivity contribution is 5.95. The number of carbonyl (C=O) groups is 1. The number of ether oxygens (including phenoxy) is 1. The number of aromatic nitrogens is 1. The van der Waals surface area contributed by atoms with Gasteiger partial charge in [0.05, 0.1) is 24.3 Å². The number of rotatable bonds is 5. The largest absolute Gasteiger partial charge is 0.497 e. The highest BCUT2D eigenvalue weighted by Crippen LogP contribution is 2.24. The van der Waals surface area contributed by atoms with Crippen molar-refractivity contribution in [1.29, 1.82) is 5.26 Å². The van der Waals surface area contributed by atoms with Crippen molar-refractivity contribution in [1.82, 2.24) is 9.47 Å². The Morgan fingerprint density at radius 2 is 1.75 bits per heavy atom. The molecule has 0 atom stereocenters. The summed E-state index contributed by atoms with van der Waals surface area (Å²) in [6.07, 6.45) is 0. The van der Waals surface area contributed by atoms with Gasteiger partial charge in [0.2, 0.25) is 0 Å². The highest BCUT2D eigenvalue weighted by atomic mass is 16.5. The Morgan fingerprint density at radius 3 is 2.32 bits per heavy atom. The molecule has 0 saturated carbocycles. The molecule has 142 valence electrons. The van der Waals surface area contributed by atoms with E-state index in [1.807, 2.05) is 56.3 Å². The lowest BCUT2D eigenvalue weighted by molar-refractivity contribution is 0.0784. The summed E-state index contributed by atoms with van der Waals surface area (Å²) in [6.45, 7) is 4.44. The molecule has 0 bridgehead atoms. The van der Waals surface area contributed by atoms with Gasteiger partial charge in [0.15, 0.2) is 0 Å². The first-order chi connectivity index (χ1) is 13.4. The molecule has 0 radical (unpaired) electrons. The Balaban J connectivity index is 1.84. The fraction of sp³-hybridized carbons (Fsp3) is 0.217. The summed E-state index contributed by atoms with van der Waals surface area (Å²) in [4.78, 5) is 14.7. The van der Waals surface area contributed by atoms with Crippen LogP contribution in [0, 0.1) is 25.2 Å². The minimum Gasteiger partial charge on any atom is -0.497 e. The van der Waals surface area contributed by atoms with Crippen LogP contribution in [0.2, 0.25) is 0 Å². The predicted octanol–water partition coefficient (Wildman–Crippen LogP) is 4.25. The normalized spacial score (nSPS) is 10.4. The molecule has 0 saturated heterocycles. The summed E-state index contributed by atoms with van der Waals surface area (Å²) in [5, 5.41) is 8.91. The second-order valence-electron chi connectivity index (χ2n) is 6.79. The SMILES string of the molecule is COc1ccc(-n2c(C)cc(C(=O)N(C)Cc3ccc(C#N)cc3)c2C)cc1. The standard InChI is InChI=1S/C23H23N3O2/c1-16-13-22(17(2)26(16)20-9-11-21(28-4)12-10-20)23(27)25(3)15-19-7-5-18(14-24)6-8-19/h5-13H,15H2,1-4H3. The summed E-state index contributed by atoms with van der Waals surface area (Å²) in [5.41, 5.74) is 5.17. The van der Waals surface area contributed by atoms with Gasteiger partial charge in [-0.2, -0.15) is 5.26 Å². The van der Waals surface area contributed by atoms with Gasteiger partial charge in [-0.05, 0) is 61.9 Å². The topological polar surface area (TPSA) is 58.3 Å². The molecule has 1 aromatic heterocycles. The van der Waals surface area contributed by atoms with Crippen LogP contribution in [-0.2, 0) is 6.54 Å². The van der Waals surface area contributed by atoms with Gasteiger partial charge >= 0.3 is 0 Å². The average molecular weight is 373 g/mol. The van der Waals surface area contributed by atoms with E-state index in [-0.39, 0.29) is 5.91 Å². The predicted molar refractivity (Wildman–Crippen MR) is 109 cm³/mol. The van der Waals surface area contributed by atoms with Crippen LogP contribution in [0.5, 0.6) is 5.75 Å². The van der Waals surface area contributed by atoms with Gasteiger partial charge in [0, 0.05) is 30.7 Å². The molecule has 0 aliphatic heterocycles. The lowest BCUT2D eigenvalue weighted by Gasteiger charge is -2.18. The maximum absolute atomic E-state index is 13.0. The summed E-state index contributed by atoms with van der Waals surface area (Å²) < 4.78 is 7.30. The molecular formula is C23H23N3O2. The molecule has 1 amide bonds. The van der Waals surface area contributed by atoms with Crippen molar-refractivity contribution in [3.05, 3.63) is 82.7 Å². The quantitative estimate of drug-likeness (QED) is 0.672. The van der Waals surface area contributed by atoms with Crippen LogP contribution in [-0.4, -0.2) is 29.5 Å². The Bertz CT molecular complexity index is 1030. The van der Waals surface area contributed by atoms with Crippen molar-refractivity contribution in [2.24, 2.45) is 0 Å². The van der Waals surface area contributed by atoms with Gasteiger partial charge in [0.1, 0.15) is 5.75 Å². The Labute approximate surface area is 165 Å². The molecule has 3 aromatic rings. The van der Waals surface area contributed by atoms with E-state index in [1.165, 1.54) is 0 Å². The number of hydrogen-bond donors (Lipinski definition) is 0. The number of benzene rings is 2. The van der Waals surface area contributed by atoms with Crippen LogP contribution in [0.25, 0.3) is 5.69 Å². The molecule has 0 fully saturated rings. The third-order valence-corrected chi connectivity index (χ3v) is 4.84. The van der Waals surface area contributed by atoms with Crippen LogP contribution < -0.4 is 4.74 Å². The molecule has 5 heteroatoms. The molecule has 0 aliphatic carbocycles. The van der Waals surface area contributed by atoms with E-state index in [9.17, 15) is 4.79 Å². The van der Waals surface area contributed by atoms with Gasteiger partial charge in [-0.3, -0.25) is 4.79 Å². The minimum atomic E-state index is -0.0304. The fourth-order valence-corrected chi connectivity index (χ4v) is 3.34. The average Bonchev–Trinajstić information content (AvgIpc) is 3.02. The molecular weight excluding hydrogens is 350 g/mol. The molecule has 0 spiro atoms. The number of nitrogens with zero attached hydrogens (tertiary/aromatic N) is 3. The Kier molecular flexibility index (Phi) is 5.51. The summed E-state index contributed by atoms with van der Waals surface area (Å²) in [7, 11) is 3.43. The van der Waals surface area contributed by atoms with E-state index in [1.54, 1.807) is 31.2 Å². The first-order valence-corrected chi connectivity index (χ1v) is 9.02. The third kappa shape index (κ3) is 3.77. The van der Waals surface area contributed by atoms with E-state index in [0.717, 1.165) is 28.4 Å². The van der Waals surface area contributed by atoms with Crippen molar-refractivity contribution < 1.29 is 9.53 Å². The van der Waals surface area contributed by atoms with Crippen LogP contribution in [0.1, 0.15) is 32.9 Å². The van der Waals surface area contributed by atoms with E-state index < -0.39 is 0 Å². The molecule has 2 aromatic carbocycles. The zero-order chi connectivity index (χ0) is 20.3. The second kappa shape index (κ2) is 8.01. The maximum Gasteiger partial charge on any atom is 0.255 e.